The lowest BCUT2D eigenvalue weighted by atomic mass is 9.86. The van der Waals surface area contributed by atoms with E-state index in [9.17, 15) is 9.59 Å². The topological polar surface area (TPSA) is 68.7 Å². The molecule has 0 bridgehead atoms. The lowest BCUT2D eigenvalue weighted by molar-refractivity contribution is 0.0596. The van der Waals surface area contributed by atoms with Crippen molar-refractivity contribution >= 4 is 23.4 Å². The first kappa shape index (κ1) is 21.1. The minimum absolute atomic E-state index is 0.143. The predicted octanol–water partition coefficient (Wildman–Crippen LogP) is 5.19. The number of hydrogen-bond acceptors (Lipinski definition) is 6. The van der Waals surface area contributed by atoms with Crippen LogP contribution in [0.2, 0.25) is 0 Å². The van der Waals surface area contributed by atoms with Gasteiger partial charge in [0, 0.05) is 17.6 Å². The van der Waals surface area contributed by atoms with Crippen molar-refractivity contribution < 1.29 is 19.1 Å². The van der Waals surface area contributed by atoms with Crippen LogP contribution < -0.4 is 0 Å². The van der Waals surface area contributed by atoms with Crippen LogP contribution in [0.4, 0.5) is 4.79 Å². The van der Waals surface area contributed by atoms with Crippen molar-refractivity contribution in [3.63, 3.8) is 0 Å². The smallest absolute Gasteiger partial charge is 0.410 e. The van der Waals surface area contributed by atoms with Crippen LogP contribution in [0.15, 0.2) is 66.3 Å². The van der Waals surface area contributed by atoms with Crippen LogP contribution in [0.3, 0.4) is 0 Å². The van der Waals surface area contributed by atoms with E-state index in [-0.39, 0.29) is 24.7 Å². The van der Waals surface area contributed by atoms with E-state index in [4.69, 9.17) is 9.47 Å². The van der Waals surface area contributed by atoms with Crippen molar-refractivity contribution in [2.24, 2.45) is 0 Å². The second-order valence-electron chi connectivity index (χ2n) is 7.49. The monoisotopic (exact) mass is 436 g/mol. The summed E-state index contributed by atoms with van der Waals surface area (Å²) >= 11 is 1.65. The fraction of sp³-hybridized carbons (Fsp3) is 0.292. The summed E-state index contributed by atoms with van der Waals surface area (Å²) in [5.74, 6) is -0.0483. The summed E-state index contributed by atoms with van der Waals surface area (Å²) in [5, 5.41) is 0. The lowest BCUT2D eigenvalue weighted by Gasteiger charge is -2.38. The van der Waals surface area contributed by atoms with Crippen LogP contribution in [0.1, 0.15) is 51.2 Å². The van der Waals surface area contributed by atoms with Crippen molar-refractivity contribution in [3.05, 3.63) is 87.9 Å². The largest absolute Gasteiger partial charge is 0.465 e. The van der Waals surface area contributed by atoms with E-state index in [1.54, 1.807) is 28.4 Å². The van der Waals surface area contributed by atoms with E-state index >= 15 is 0 Å². The maximum absolute atomic E-state index is 13.0. The minimum atomic E-state index is -0.378. The van der Waals surface area contributed by atoms with Gasteiger partial charge in [-0.3, -0.25) is 4.98 Å². The number of likely N-dealkylation sites (tertiary alicyclic amines) is 1. The second kappa shape index (κ2) is 9.75. The fourth-order valence-electron chi connectivity index (χ4n) is 3.95. The Morgan fingerprint density at radius 1 is 1.13 bits per heavy atom. The van der Waals surface area contributed by atoms with Gasteiger partial charge in [-0.25, -0.2) is 9.59 Å². The highest BCUT2D eigenvalue weighted by molar-refractivity contribution is 7.09. The van der Waals surface area contributed by atoms with Gasteiger partial charge in [0.05, 0.1) is 24.2 Å². The zero-order chi connectivity index (χ0) is 21.6. The minimum Gasteiger partial charge on any atom is -0.465 e. The van der Waals surface area contributed by atoms with Crippen molar-refractivity contribution in [1.82, 2.24) is 9.88 Å². The molecule has 7 heteroatoms. The molecule has 6 nitrogen and oxygen atoms in total. The van der Waals surface area contributed by atoms with Gasteiger partial charge in [-0.1, -0.05) is 42.5 Å². The maximum Gasteiger partial charge on any atom is 0.410 e. The average molecular weight is 437 g/mol. The summed E-state index contributed by atoms with van der Waals surface area (Å²) in [7, 11) is 1.36. The zero-order valence-electron chi connectivity index (χ0n) is 17.3. The van der Waals surface area contributed by atoms with Gasteiger partial charge in [-0.15, -0.1) is 11.3 Å². The number of rotatable bonds is 5. The molecule has 1 fully saturated rings. The summed E-state index contributed by atoms with van der Waals surface area (Å²) in [5.41, 5.74) is 4.25. The first-order chi connectivity index (χ1) is 15.2. The Morgan fingerprint density at radius 3 is 2.58 bits per heavy atom. The van der Waals surface area contributed by atoms with Gasteiger partial charge < -0.3 is 14.4 Å². The summed E-state index contributed by atoms with van der Waals surface area (Å²) in [4.78, 5) is 32.0. The van der Waals surface area contributed by atoms with E-state index in [0.717, 1.165) is 24.0 Å². The second-order valence-corrected chi connectivity index (χ2v) is 8.41. The Balaban J connectivity index is 1.54. The molecule has 2 atom stereocenters. The average Bonchev–Trinajstić information content (AvgIpc) is 3.37. The Bertz CT molecular complexity index is 1010. The van der Waals surface area contributed by atoms with Gasteiger partial charge in [0.1, 0.15) is 6.61 Å². The number of ether oxygens (including phenoxy) is 2. The van der Waals surface area contributed by atoms with Gasteiger partial charge in [0.25, 0.3) is 0 Å². The zero-order valence-corrected chi connectivity index (χ0v) is 18.1. The predicted molar refractivity (Wildman–Crippen MR) is 118 cm³/mol. The molecule has 2 heterocycles. The molecule has 0 radical (unpaired) electrons. The van der Waals surface area contributed by atoms with E-state index in [1.165, 1.54) is 12.0 Å². The molecule has 0 unspecified atom stereocenters. The number of nitrogens with zero attached hydrogens (tertiary/aromatic N) is 2. The molecule has 0 saturated carbocycles. The number of carbonyl (C=O) groups is 2. The van der Waals surface area contributed by atoms with Crippen molar-refractivity contribution in [2.45, 2.75) is 31.4 Å². The highest BCUT2D eigenvalue weighted by Gasteiger charge is 2.34. The Labute approximate surface area is 185 Å². The van der Waals surface area contributed by atoms with Crippen LogP contribution in [-0.2, 0) is 16.1 Å². The Kier molecular flexibility index (Phi) is 6.62. The summed E-state index contributed by atoms with van der Waals surface area (Å²) in [6.07, 6.45) is 3.23. The third kappa shape index (κ3) is 4.94. The number of amides is 1. The van der Waals surface area contributed by atoms with Gasteiger partial charge in [-0.05, 0) is 42.0 Å². The highest BCUT2D eigenvalue weighted by atomic mass is 32.1. The van der Waals surface area contributed by atoms with Crippen molar-refractivity contribution in [2.75, 3.05) is 13.7 Å². The Hall–Kier alpha value is -3.19. The third-order valence-corrected chi connectivity index (χ3v) is 6.55. The molecule has 31 heavy (non-hydrogen) atoms. The number of carbonyl (C=O) groups excluding carboxylic acids is 2. The summed E-state index contributed by atoms with van der Waals surface area (Å²) in [6, 6.07) is 16.8. The normalized spacial score (nSPS) is 18.4. The molecule has 0 spiro atoms. The fourth-order valence-corrected chi connectivity index (χ4v) is 4.72. The highest BCUT2D eigenvalue weighted by Crippen LogP contribution is 2.40. The van der Waals surface area contributed by atoms with Crippen LogP contribution in [0.5, 0.6) is 0 Å². The SMILES string of the molecule is COC(=O)c1ccc([C@@H]2C[C@@H](c3cncs3)CCN2C(=O)OCc2ccccc2)cc1. The maximum atomic E-state index is 13.0. The molecule has 3 aromatic rings. The molecule has 0 aliphatic carbocycles. The number of aromatic nitrogens is 1. The number of methoxy groups -OCH3 is 1. The van der Waals surface area contributed by atoms with Crippen LogP contribution in [-0.4, -0.2) is 35.6 Å². The van der Waals surface area contributed by atoms with Crippen LogP contribution in [0, 0.1) is 0 Å². The van der Waals surface area contributed by atoms with Gasteiger partial charge in [0.2, 0.25) is 0 Å². The molecular formula is C24H24N2O4S. The Morgan fingerprint density at radius 2 is 1.90 bits per heavy atom. The van der Waals surface area contributed by atoms with Crippen molar-refractivity contribution in [3.8, 4) is 0 Å². The number of hydrogen-bond donors (Lipinski definition) is 0. The first-order valence-electron chi connectivity index (χ1n) is 10.2. The van der Waals surface area contributed by atoms with E-state index in [2.05, 4.69) is 4.98 Å². The van der Waals surface area contributed by atoms with Crippen molar-refractivity contribution in [1.29, 1.82) is 0 Å². The number of thiazole rings is 1. The van der Waals surface area contributed by atoms with Crippen LogP contribution in [0.25, 0.3) is 0 Å². The molecule has 1 aliphatic rings. The van der Waals surface area contributed by atoms with Gasteiger partial charge >= 0.3 is 12.1 Å². The molecule has 1 aliphatic heterocycles. The molecule has 0 N–H and O–H groups in total. The van der Waals surface area contributed by atoms with Crippen LogP contribution >= 0.6 is 11.3 Å². The lowest BCUT2D eigenvalue weighted by Crippen LogP contribution is -2.40. The molecule has 1 amide bonds. The van der Waals surface area contributed by atoms with E-state index < -0.39 is 0 Å². The number of benzene rings is 2. The molecule has 1 aromatic heterocycles. The molecule has 4 rings (SSSR count). The molecule has 2 aromatic carbocycles. The number of piperidine rings is 1. The first-order valence-corrected chi connectivity index (χ1v) is 11.1. The number of esters is 1. The third-order valence-electron chi connectivity index (χ3n) is 5.61. The quantitative estimate of drug-likeness (QED) is 0.515. The van der Waals surface area contributed by atoms with E-state index in [1.807, 2.05) is 54.2 Å². The van der Waals surface area contributed by atoms with E-state index in [0.29, 0.717) is 18.0 Å². The standard InChI is InChI=1S/C24H24N2O4S/c1-29-23(27)19-9-7-18(8-10-19)21-13-20(22-14-25-16-31-22)11-12-26(21)24(28)30-15-17-5-3-2-4-6-17/h2-10,14,16,20-21H,11-13,15H2,1H3/t20-,21-/m0/s1. The molecule has 160 valence electrons. The van der Waals surface area contributed by atoms with Gasteiger partial charge in [-0.2, -0.15) is 0 Å². The van der Waals surface area contributed by atoms with Gasteiger partial charge in [0.15, 0.2) is 0 Å². The molecular weight excluding hydrogens is 412 g/mol. The summed E-state index contributed by atoms with van der Waals surface area (Å²) in [6.45, 7) is 0.835. The molecule has 1 saturated heterocycles. The summed E-state index contributed by atoms with van der Waals surface area (Å²) < 4.78 is 10.4.